The summed E-state index contributed by atoms with van der Waals surface area (Å²) in [6, 6.07) is 9.44. The zero-order valence-corrected chi connectivity index (χ0v) is 15.2. The molecule has 0 saturated carbocycles. The van der Waals surface area contributed by atoms with Crippen molar-refractivity contribution in [3.63, 3.8) is 0 Å². The van der Waals surface area contributed by atoms with E-state index in [1.165, 1.54) is 0 Å². The van der Waals surface area contributed by atoms with E-state index >= 15 is 0 Å². The van der Waals surface area contributed by atoms with Crippen molar-refractivity contribution in [3.8, 4) is 11.4 Å². The molecule has 3 heterocycles. The molecule has 4 rings (SSSR count). The minimum absolute atomic E-state index is 0.0556. The SMILES string of the molecule is CCn1nnnc1-c1cccc(NC(=O)C2(n3cccn3)CCNCC2)c1. The number of carbonyl (C=O) groups excluding carboxylic acids is 1. The summed E-state index contributed by atoms with van der Waals surface area (Å²) in [5, 5.41) is 22.5. The van der Waals surface area contributed by atoms with E-state index in [0.29, 0.717) is 30.9 Å². The Hall–Kier alpha value is -3.07. The van der Waals surface area contributed by atoms with E-state index in [1.807, 2.05) is 43.5 Å². The van der Waals surface area contributed by atoms with Crippen LogP contribution in [0, 0.1) is 0 Å². The molecule has 27 heavy (non-hydrogen) atoms. The molecule has 1 amide bonds. The number of tetrazole rings is 1. The van der Waals surface area contributed by atoms with E-state index < -0.39 is 5.54 Å². The third-order valence-electron chi connectivity index (χ3n) is 5.01. The summed E-state index contributed by atoms with van der Waals surface area (Å²) in [7, 11) is 0. The summed E-state index contributed by atoms with van der Waals surface area (Å²) in [6.07, 6.45) is 4.95. The zero-order chi connectivity index (χ0) is 18.7. The fourth-order valence-electron chi connectivity index (χ4n) is 3.53. The lowest BCUT2D eigenvalue weighted by atomic mass is 9.87. The molecule has 1 fully saturated rings. The maximum Gasteiger partial charge on any atom is 0.252 e. The molecule has 9 heteroatoms. The van der Waals surface area contributed by atoms with E-state index in [4.69, 9.17) is 0 Å². The Balaban J connectivity index is 1.61. The Labute approximate surface area is 156 Å². The Morgan fingerprint density at radius 3 is 2.89 bits per heavy atom. The number of hydrogen-bond donors (Lipinski definition) is 2. The van der Waals surface area contributed by atoms with E-state index in [2.05, 4.69) is 31.3 Å². The molecular formula is C18H22N8O. The van der Waals surface area contributed by atoms with Gasteiger partial charge in [-0.15, -0.1) is 5.10 Å². The van der Waals surface area contributed by atoms with Gasteiger partial charge in [0, 0.05) is 30.2 Å². The first-order valence-electron chi connectivity index (χ1n) is 9.12. The average molecular weight is 366 g/mol. The van der Waals surface area contributed by atoms with Crippen LogP contribution >= 0.6 is 0 Å². The molecule has 1 aromatic carbocycles. The second-order valence-electron chi connectivity index (χ2n) is 6.59. The van der Waals surface area contributed by atoms with Gasteiger partial charge in [0.25, 0.3) is 5.91 Å². The molecule has 0 spiro atoms. The van der Waals surface area contributed by atoms with E-state index in [-0.39, 0.29) is 5.91 Å². The quantitative estimate of drug-likeness (QED) is 0.705. The summed E-state index contributed by atoms with van der Waals surface area (Å²) in [5.41, 5.74) is 0.891. The predicted octanol–water partition coefficient (Wildman–Crippen LogP) is 1.27. The third-order valence-corrected chi connectivity index (χ3v) is 5.01. The van der Waals surface area contributed by atoms with Crippen LogP contribution in [-0.4, -0.2) is 49.0 Å². The largest absolute Gasteiger partial charge is 0.324 e. The van der Waals surface area contributed by atoms with Gasteiger partial charge in [-0.3, -0.25) is 9.48 Å². The van der Waals surface area contributed by atoms with Crippen LogP contribution in [0.2, 0.25) is 0 Å². The highest BCUT2D eigenvalue weighted by atomic mass is 16.2. The van der Waals surface area contributed by atoms with Crippen LogP contribution in [0.4, 0.5) is 5.69 Å². The van der Waals surface area contributed by atoms with Crippen LogP contribution in [0.25, 0.3) is 11.4 Å². The highest BCUT2D eigenvalue weighted by Gasteiger charge is 2.42. The number of benzene rings is 1. The monoisotopic (exact) mass is 366 g/mol. The van der Waals surface area contributed by atoms with Crippen LogP contribution in [-0.2, 0) is 16.9 Å². The second-order valence-corrected chi connectivity index (χ2v) is 6.59. The van der Waals surface area contributed by atoms with Gasteiger partial charge in [0.1, 0.15) is 5.54 Å². The summed E-state index contributed by atoms with van der Waals surface area (Å²) >= 11 is 0. The van der Waals surface area contributed by atoms with Crippen LogP contribution < -0.4 is 10.6 Å². The van der Waals surface area contributed by atoms with Crippen molar-refractivity contribution in [1.82, 2.24) is 35.3 Å². The molecule has 1 saturated heterocycles. The number of carbonyl (C=O) groups is 1. The number of anilines is 1. The minimum Gasteiger partial charge on any atom is -0.324 e. The minimum atomic E-state index is -0.685. The molecular weight excluding hydrogens is 344 g/mol. The second kappa shape index (κ2) is 7.28. The summed E-state index contributed by atoms with van der Waals surface area (Å²) in [5.74, 6) is 0.622. The van der Waals surface area contributed by atoms with Crippen molar-refractivity contribution in [2.75, 3.05) is 18.4 Å². The highest BCUT2D eigenvalue weighted by Crippen LogP contribution is 2.29. The van der Waals surface area contributed by atoms with Crippen LogP contribution in [0.5, 0.6) is 0 Å². The Bertz CT molecular complexity index is 911. The van der Waals surface area contributed by atoms with Gasteiger partial charge in [0.05, 0.1) is 0 Å². The fourth-order valence-corrected chi connectivity index (χ4v) is 3.53. The highest BCUT2D eigenvalue weighted by molar-refractivity contribution is 5.97. The fraction of sp³-hybridized carbons (Fsp3) is 0.389. The number of nitrogens with one attached hydrogen (secondary N) is 2. The van der Waals surface area contributed by atoms with Gasteiger partial charge >= 0.3 is 0 Å². The first-order chi connectivity index (χ1) is 13.2. The molecule has 2 N–H and O–H groups in total. The number of piperidine rings is 1. The van der Waals surface area contributed by atoms with Crippen molar-refractivity contribution >= 4 is 11.6 Å². The number of hydrogen-bond acceptors (Lipinski definition) is 6. The van der Waals surface area contributed by atoms with Gasteiger partial charge in [-0.05, 0) is 61.5 Å². The van der Waals surface area contributed by atoms with E-state index in [0.717, 1.165) is 18.7 Å². The lowest BCUT2D eigenvalue weighted by molar-refractivity contribution is -0.126. The van der Waals surface area contributed by atoms with Crippen molar-refractivity contribution in [2.24, 2.45) is 0 Å². The number of rotatable bonds is 5. The molecule has 1 aliphatic heterocycles. The van der Waals surface area contributed by atoms with E-state index in [9.17, 15) is 4.79 Å². The summed E-state index contributed by atoms with van der Waals surface area (Å²) in [6.45, 7) is 4.21. The van der Waals surface area contributed by atoms with Crippen LogP contribution in [0.3, 0.4) is 0 Å². The van der Waals surface area contributed by atoms with Gasteiger partial charge in [0.2, 0.25) is 0 Å². The van der Waals surface area contributed by atoms with Gasteiger partial charge in [-0.25, -0.2) is 4.68 Å². The Morgan fingerprint density at radius 1 is 1.30 bits per heavy atom. The number of amides is 1. The standard InChI is InChI=1S/C18H22N8O/c1-2-25-16(22-23-24-25)14-5-3-6-15(13-14)21-17(27)18(7-10-19-11-8-18)26-12-4-9-20-26/h3-6,9,12-13,19H,2,7-8,10-11H2,1H3,(H,21,27). The maximum atomic E-state index is 13.3. The molecule has 0 unspecified atom stereocenters. The van der Waals surface area contributed by atoms with Gasteiger partial charge in [-0.1, -0.05) is 12.1 Å². The number of nitrogens with zero attached hydrogens (tertiary/aromatic N) is 6. The number of aryl methyl sites for hydroxylation is 1. The summed E-state index contributed by atoms with van der Waals surface area (Å²) < 4.78 is 3.50. The topological polar surface area (TPSA) is 103 Å². The molecule has 0 bridgehead atoms. The smallest absolute Gasteiger partial charge is 0.252 e. The van der Waals surface area contributed by atoms with Crippen LogP contribution in [0.15, 0.2) is 42.7 Å². The number of aromatic nitrogens is 6. The van der Waals surface area contributed by atoms with Crippen molar-refractivity contribution in [3.05, 3.63) is 42.7 Å². The van der Waals surface area contributed by atoms with Crippen LogP contribution in [0.1, 0.15) is 19.8 Å². The normalized spacial score (nSPS) is 16.2. The predicted molar refractivity (Wildman–Crippen MR) is 99.9 cm³/mol. The molecule has 2 aromatic heterocycles. The zero-order valence-electron chi connectivity index (χ0n) is 15.2. The first-order valence-corrected chi connectivity index (χ1v) is 9.12. The molecule has 0 aliphatic carbocycles. The lowest BCUT2D eigenvalue weighted by Crippen LogP contribution is -2.52. The van der Waals surface area contributed by atoms with Gasteiger partial charge in [-0.2, -0.15) is 5.10 Å². The van der Waals surface area contributed by atoms with Crippen molar-refractivity contribution < 1.29 is 4.79 Å². The van der Waals surface area contributed by atoms with Gasteiger partial charge < -0.3 is 10.6 Å². The van der Waals surface area contributed by atoms with E-state index in [1.54, 1.807) is 15.6 Å². The maximum absolute atomic E-state index is 13.3. The van der Waals surface area contributed by atoms with Crippen molar-refractivity contribution in [2.45, 2.75) is 31.8 Å². The lowest BCUT2D eigenvalue weighted by Gasteiger charge is -2.36. The molecule has 0 atom stereocenters. The molecule has 3 aromatic rings. The average Bonchev–Trinajstić information content (AvgIpc) is 3.40. The Morgan fingerprint density at radius 2 is 2.15 bits per heavy atom. The molecule has 1 aliphatic rings. The summed E-state index contributed by atoms with van der Waals surface area (Å²) in [4.78, 5) is 13.3. The van der Waals surface area contributed by atoms with Gasteiger partial charge in [0.15, 0.2) is 5.82 Å². The molecule has 0 radical (unpaired) electrons. The molecule has 9 nitrogen and oxygen atoms in total. The third kappa shape index (κ3) is 3.21. The Kier molecular flexibility index (Phi) is 4.68. The first kappa shape index (κ1) is 17.3. The molecule has 140 valence electrons. The van der Waals surface area contributed by atoms with Crippen molar-refractivity contribution in [1.29, 1.82) is 0 Å².